The van der Waals surface area contributed by atoms with Crippen LogP contribution in [0, 0.1) is 44.8 Å². The van der Waals surface area contributed by atoms with E-state index in [1.807, 2.05) is 13.0 Å². The van der Waals surface area contributed by atoms with E-state index in [2.05, 4.69) is 46.3 Å². The maximum absolute atomic E-state index is 14.5. The van der Waals surface area contributed by atoms with Crippen LogP contribution in [0.15, 0.2) is 11.6 Å². The number of allylic oxidation sites excluding steroid dienone is 2. The van der Waals surface area contributed by atoms with Crippen molar-refractivity contribution >= 4 is 21.8 Å². The molecule has 0 bridgehead atoms. The number of esters is 1. The molecule has 0 saturated heterocycles. The quantitative estimate of drug-likeness (QED) is 0.415. The first-order valence-electron chi connectivity index (χ1n) is 15.1. The van der Waals surface area contributed by atoms with E-state index in [9.17, 15) is 18.0 Å². The molecule has 0 amide bonds. The molecule has 0 spiro atoms. The molecular formula is C32H51NO5S. The Morgan fingerprint density at radius 1 is 0.949 bits per heavy atom. The van der Waals surface area contributed by atoms with Crippen LogP contribution in [0.2, 0.25) is 0 Å². The molecule has 4 fully saturated rings. The van der Waals surface area contributed by atoms with Crippen molar-refractivity contribution in [2.45, 2.75) is 125 Å². The zero-order valence-corrected chi connectivity index (χ0v) is 26.5. The lowest BCUT2D eigenvalue weighted by Crippen LogP contribution is -2.67. The van der Waals surface area contributed by atoms with Crippen molar-refractivity contribution < 1.29 is 22.7 Å². The monoisotopic (exact) mass is 561 g/mol. The summed E-state index contributed by atoms with van der Waals surface area (Å²) in [5, 5.41) is 0. The molecule has 0 aromatic heterocycles. The molecule has 6 nitrogen and oxygen atoms in total. The summed E-state index contributed by atoms with van der Waals surface area (Å²) >= 11 is 0. The van der Waals surface area contributed by atoms with Gasteiger partial charge >= 0.3 is 5.97 Å². The predicted molar refractivity (Wildman–Crippen MR) is 153 cm³/mol. The minimum absolute atomic E-state index is 0.0662. The highest BCUT2D eigenvalue weighted by atomic mass is 32.2. The van der Waals surface area contributed by atoms with Gasteiger partial charge in [-0.05, 0) is 104 Å². The first kappa shape index (κ1) is 29.3. The van der Waals surface area contributed by atoms with E-state index in [0.717, 1.165) is 57.8 Å². The molecule has 0 unspecified atom stereocenters. The van der Waals surface area contributed by atoms with Crippen LogP contribution in [-0.4, -0.2) is 38.1 Å². The van der Waals surface area contributed by atoms with E-state index in [1.54, 1.807) is 0 Å². The van der Waals surface area contributed by atoms with Gasteiger partial charge in [0.2, 0.25) is 10.0 Å². The lowest BCUT2D eigenvalue weighted by molar-refractivity contribution is -0.210. The van der Waals surface area contributed by atoms with E-state index in [-0.39, 0.29) is 56.8 Å². The summed E-state index contributed by atoms with van der Waals surface area (Å²) in [4.78, 5) is 26.4. The lowest BCUT2D eigenvalue weighted by atomic mass is 9.33. The Balaban J connectivity index is 1.56. The van der Waals surface area contributed by atoms with Crippen LogP contribution >= 0.6 is 0 Å². The Morgan fingerprint density at radius 2 is 1.59 bits per heavy atom. The molecule has 5 rings (SSSR count). The molecule has 0 heterocycles. The van der Waals surface area contributed by atoms with Gasteiger partial charge in [0.1, 0.15) is 6.10 Å². The van der Waals surface area contributed by atoms with Crippen LogP contribution in [0.3, 0.4) is 0 Å². The fraction of sp³-hybridized carbons (Fsp3) is 0.875. The van der Waals surface area contributed by atoms with E-state index < -0.39 is 15.6 Å². The van der Waals surface area contributed by atoms with Crippen molar-refractivity contribution in [3.63, 3.8) is 0 Å². The van der Waals surface area contributed by atoms with Crippen LogP contribution in [0.1, 0.15) is 113 Å². The summed E-state index contributed by atoms with van der Waals surface area (Å²) in [6, 6.07) is 0. The summed E-state index contributed by atoms with van der Waals surface area (Å²) in [7, 11) is -3.34. The number of nitrogens with one attached hydrogen (secondary N) is 1. The lowest BCUT2D eigenvalue weighted by Gasteiger charge is -2.70. The second kappa shape index (κ2) is 8.65. The zero-order valence-electron chi connectivity index (χ0n) is 25.7. The molecule has 5 aliphatic carbocycles. The number of sulfonamides is 1. The zero-order chi connectivity index (χ0) is 29.0. The Hall–Kier alpha value is -1.21. The normalized spacial score (nSPS) is 49.1. The highest BCUT2D eigenvalue weighted by Crippen LogP contribution is 2.74. The first-order chi connectivity index (χ1) is 17.7. The van der Waals surface area contributed by atoms with E-state index in [4.69, 9.17) is 4.74 Å². The third-order valence-electron chi connectivity index (χ3n) is 13.3. The standard InChI is InChI=1S/C32H51NO5S/c1-20(34)38-25-11-12-30(6)24(27(25,2)3)10-13-32(8)26(30)23(35)18-21-22-19-29(5,33-39(9,36)37)16-14-28(22,4)15-17-31(21,32)7/h18,22,24-26,33H,10-17,19H2,1-9H3/t22-,24+,25+,26-,28-,29+,30+,31-,32-/m1/s1. The second-order valence-corrected chi connectivity index (χ2v) is 17.8. The van der Waals surface area contributed by atoms with Gasteiger partial charge in [-0.25, -0.2) is 13.1 Å². The molecule has 9 atom stereocenters. The molecule has 1 N–H and O–H groups in total. The highest BCUT2D eigenvalue weighted by Gasteiger charge is 2.70. The Morgan fingerprint density at radius 3 is 2.21 bits per heavy atom. The number of carbonyl (C=O) groups excluding carboxylic acids is 2. The molecule has 39 heavy (non-hydrogen) atoms. The average Bonchev–Trinajstić information content (AvgIpc) is 2.77. The van der Waals surface area contributed by atoms with Crippen molar-refractivity contribution in [3.8, 4) is 0 Å². The molecule has 0 aromatic carbocycles. The van der Waals surface area contributed by atoms with Crippen LogP contribution in [0.5, 0.6) is 0 Å². The Kier molecular flexibility index (Phi) is 6.50. The van der Waals surface area contributed by atoms with Crippen molar-refractivity contribution in [1.29, 1.82) is 0 Å². The number of fused-ring (bicyclic) bond motifs is 7. The number of ether oxygens (including phenoxy) is 1. The number of hydrogen-bond donors (Lipinski definition) is 1. The van der Waals surface area contributed by atoms with Crippen LogP contribution in [-0.2, 0) is 24.3 Å². The summed E-state index contributed by atoms with van der Waals surface area (Å²) in [5.74, 6) is 0.471. The van der Waals surface area contributed by atoms with Crippen LogP contribution in [0.4, 0.5) is 0 Å². The maximum atomic E-state index is 14.5. The van der Waals surface area contributed by atoms with Crippen LogP contribution in [0.25, 0.3) is 0 Å². The second-order valence-electron chi connectivity index (χ2n) is 16.1. The molecule has 0 aromatic rings. The summed E-state index contributed by atoms with van der Waals surface area (Å²) in [6.07, 6.45) is 11.6. The summed E-state index contributed by atoms with van der Waals surface area (Å²) in [6.45, 7) is 17.6. The van der Waals surface area contributed by atoms with Crippen molar-refractivity contribution in [1.82, 2.24) is 4.72 Å². The van der Waals surface area contributed by atoms with E-state index in [0.29, 0.717) is 5.92 Å². The number of ketones is 1. The number of carbonyl (C=O) groups is 2. The topological polar surface area (TPSA) is 89.5 Å². The third-order valence-corrected chi connectivity index (χ3v) is 14.1. The van der Waals surface area contributed by atoms with Crippen LogP contribution < -0.4 is 4.72 Å². The van der Waals surface area contributed by atoms with Gasteiger partial charge in [0, 0.05) is 23.8 Å². The largest absolute Gasteiger partial charge is 0.462 e. The van der Waals surface area contributed by atoms with Crippen molar-refractivity contribution in [2.75, 3.05) is 6.26 Å². The van der Waals surface area contributed by atoms with Gasteiger partial charge in [0.05, 0.1) is 6.26 Å². The number of rotatable bonds is 3. The fourth-order valence-electron chi connectivity index (χ4n) is 11.1. The Labute approximate surface area is 236 Å². The summed E-state index contributed by atoms with van der Waals surface area (Å²) < 4.78 is 33.4. The highest BCUT2D eigenvalue weighted by molar-refractivity contribution is 7.88. The Bertz CT molecular complexity index is 1220. The minimum Gasteiger partial charge on any atom is -0.462 e. The van der Waals surface area contributed by atoms with E-state index >= 15 is 0 Å². The predicted octanol–water partition coefficient (Wildman–Crippen LogP) is 6.20. The molecule has 0 radical (unpaired) electrons. The molecular weight excluding hydrogens is 510 g/mol. The molecule has 4 saturated carbocycles. The van der Waals surface area contributed by atoms with Gasteiger partial charge in [0.25, 0.3) is 0 Å². The molecule has 7 heteroatoms. The van der Waals surface area contributed by atoms with Crippen molar-refractivity contribution in [3.05, 3.63) is 11.6 Å². The van der Waals surface area contributed by atoms with Crippen molar-refractivity contribution in [2.24, 2.45) is 44.8 Å². The molecule has 5 aliphatic rings. The third kappa shape index (κ3) is 4.21. The van der Waals surface area contributed by atoms with Gasteiger partial charge in [-0.3, -0.25) is 9.59 Å². The molecule has 220 valence electrons. The number of hydrogen-bond acceptors (Lipinski definition) is 5. The van der Waals surface area contributed by atoms with Gasteiger partial charge in [-0.2, -0.15) is 0 Å². The van der Waals surface area contributed by atoms with E-state index in [1.165, 1.54) is 18.8 Å². The minimum atomic E-state index is -3.34. The maximum Gasteiger partial charge on any atom is 0.302 e. The van der Waals surface area contributed by atoms with Gasteiger partial charge < -0.3 is 4.74 Å². The fourth-order valence-corrected chi connectivity index (χ4v) is 12.2. The average molecular weight is 562 g/mol. The van der Waals surface area contributed by atoms with Gasteiger partial charge in [-0.15, -0.1) is 0 Å². The smallest absolute Gasteiger partial charge is 0.302 e. The molecule has 0 aliphatic heterocycles. The SMILES string of the molecule is CC(=O)O[C@H]1CC[C@]2(C)[C@H]3C(=O)C=C4[C@H]5C[C@@](C)(NS(C)(=O)=O)CC[C@]5(C)CC[C@@]4(C)[C@]3(C)CC[C@H]2C1(C)C. The summed E-state index contributed by atoms with van der Waals surface area (Å²) in [5.41, 5.74) is 0.246. The van der Waals surface area contributed by atoms with Gasteiger partial charge in [0.15, 0.2) is 5.78 Å². The van der Waals surface area contributed by atoms with Gasteiger partial charge in [-0.1, -0.05) is 47.1 Å². The first-order valence-corrected chi connectivity index (χ1v) is 17.0.